The number of halogens is 2. The average molecular weight is 565 g/mol. The molecule has 0 N–H and O–H groups in total. The number of hydrogen-bond donors (Lipinski definition) is 0. The maximum atomic E-state index is 13.2. The van der Waals surface area contributed by atoms with Crippen molar-refractivity contribution in [3.8, 4) is 11.3 Å². The third kappa shape index (κ3) is 5.50. The summed E-state index contributed by atoms with van der Waals surface area (Å²) in [5.41, 5.74) is 3.54. The average Bonchev–Trinajstić information content (AvgIpc) is 3.42. The molecule has 1 aliphatic heterocycles. The molecule has 0 saturated carbocycles. The summed E-state index contributed by atoms with van der Waals surface area (Å²) in [5.74, 6) is -0.439. The van der Waals surface area contributed by atoms with Crippen molar-refractivity contribution >= 4 is 57.9 Å². The van der Waals surface area contributed by atoms with Crippen LogP contribution in [0.2, 0.25) is 10.0 Å². The molecule has 4 aromatic rings. The zero-order valence-corrected chi connectivity index (χ0v) is 21.9. The van der Waals surface area contributed by atoms with Crippen molar-refractivity contribution in [2.45, 2.75) is 13.1 Å². The summed E-state index contributed by atoms with van der Waals surface area (Å²) in [7, 11) is 0. The molecule has 0 atom stereocenters. The summed E-state index contributed by atoms with van der Waals surface area (Å²) in [4.78, 5) is 37.7. The minimum Gasteiger partial charge on any atom is -0.268 e. The van der Waals surface area contributed by atoms with E-state index in [4.69, 9.17) is 28.3 Å². The Bertz CT molecular complexity index is 1590. The molecule has 2 heterocycles. The van der Waals surface area contributed by atoms with Crippen LogP contribution >= 0.6 is 35.0 Å². The first-order chi connectivity index (χ1) is 18.3. The lowest BCUT2D eigenvalue weighted by molar-refractivity contribution is -0.384. The van der Waals surface area contributed by atoms with Crippen molar-refractivity contribution < 1.29 is 14.5 Å². The second-order valence-corrected chi connectivity index (χ2v) is 10.3. The molecule has 3 aromatic carbocycles. The number of rotatable bonds is 7. The maximum Gasteiger partial charge on any atom is 0.293 e. The van der Waals surface area contributed by atoms with E-state index in [0.717, 1.165) is 27.8 Å². The van der Waals surface area contributed by atoms with E-state index in [0.29, 0.717) is 33.4 Å². The fraction of sp³-hybridized carbons (Fsp3) is 0.0741. The zero-order chi connectivity index (χ0) is 26.8. The van der Waals surface area contributed by atoms with Crippen LogP contribution in [0.1, 0.15) is 16.7 Å². The molecular formula is C27H18Cl2N4O4S. The topological polar surface area (TPSA) is 98.3 Å². The maximum absolute atomic E-state index is 13.2. The highest BCUT2D eigenvalue weighted by Gasteiger charge is 2.35. The number of imide groups is 1. The Hall–Kier alpha value is -3.92. The summed E-state index contributed by atoms with van der Waals surface area (Å²) in [5, 5.41) is 16.3. The van der Waals surface area contributed by atoms with Gasteiger partial charge in [0.15, 0.2) is 0 Å². The monoisotopic (exact) mass is 564 g/mol. The number of thioether (sulfide) groups is 1. The quantitative estimate of drug-likeness (QED) is 0.135. The molecule has 1 aromatic heterocycles. The molecule has 11 heteroatoms. The van der Waals surface area contributed by atoms with Gasteiger partial charge in [-0.05, 0) is 41.1 Å². The van der Waals surface area contributed by atoms with E-state index in [1.165, 1.54) is 24.3 Å². The van der Waals surface area contributed by atoms with Gasteiger partial charge < -0.3 is 0 Å². The first-order valence-corrected chi connectivity index (χ1v) is 12.9. The van der Waals surface area contributed by atoms with Gasteiger partial charge in [0.1, 0.15) is 0 Å². The smallest absolute Gasteiger partial charge is 0.268 e. The Labute approximate surface area is 231 Å². The second-order valence-electron chi connectivity index (χ2n) is 8.42. The first kappa shape index (κ1) is 25.7. The van der Waals surface area contributed by atoms with Crippen LogP contribution in [0.25, 0.3) is 17.3 Å². The number of amides is 2. The standard InChI is InChI=1S/C27H18Cl2N4O4S/c28-21-9-8-19(23(29)13-21)15-31-16-20(25(30-31)18-4-2-1-3-5-18)12-24-26(34)32(27(35)38-24)14-17-6-10-22(11-7-17)33(36)37/h1-13,16H,14-15H2/b24-12-. The summed E-state index contributed by atoms with van der Waals surface area (Å²) >= 11 is 13.2. The van der Waals surface area contributed by atoms with Gasteiger partial charge in [-0.25, -0.2) is 0 Å². The van der Waals surface area contributed by atoms with Crippen molar-refractivity contribution in [3.05, 3.63) is 121 Å². The second kappa shape index (κ2) is 10.8. The van der Waals surface area contributed by atoms with E-state index in [-0.39, 0.29) is 17.1 Å². The van der Waals surface area contributed by atoms with E-state index < -0.39 is 16.1 Å². The summed E-state index contributed by atoms with van der Waals surface area (Å²) in [6, 6.07) is 20.5. The third-order valence-electron chi connectivity index (χ3n) is 5.83. The Morgan fingerprint density at radius 1 is 0.974 bits per heavy atom. The number of nitrogens with zero attached hydrogens (tertiary/aromatic N) is 4. The highest BCUT2D eigenvalue weighted by atomic mass is 35.5. The van der Waals surface area contributed by atoms with Gasteiger partial charge in [0.2, 0.25) is 0 Å². The number of nitro groups is 1. The highest BCUT2D eigenvalue weighted by molar-refractivity contribution is 8.18. The van der Waals surface area contributed by atoms with E-state index in [1.54, 1.807) is 29.1 Å². The van der Waals surface area contributed by atoms with Crippen molar-refractivity contribution in [1.82, 2.24) is 14.7 Å². The van der Waals surface area contributed by atoms with Crippen LogP contribution in [0.4, 0.5) is 10.5 Å². The van der Waals surface area contributed by atoms with Crippen LogP contribution in [0, 0.1) is 10.1 Å². The van der Waals surface area contributed by atoms with Crippen LogP contribution in [0.3, 0.4) is 0 Å². The molecule has 190 valence electrons. The molecule has 2 amide bonds. The SMILES string of the molecule is O=C1S/C(=C\c2cn(Cc3ccc(Cl)cc3Cl)nc2-c2ccccc2)C(=O)N1Cc1ccc([N+](=O)[O-])cc1. The summed E-state index contributed by atoms with van der Waals surface area (Å²) in [6.45, 7) is 0.394. The largest absolute Gasteiger partial charge is 0.293 e. The molecule has 0 unspecified atom stereocenters. The lowest BCUT2D eigenvalue weighted by Gasteiger charge is -2.12. The van der Waals surface area contributed by atoms with Crippen molar-refractivity contribution in [2.75, 3.05) is 0 Å². The molecule has 1 aliphatic rings. The molecule has 0 spiro atoms. The molecule has 0 bridgehead atoms. The van der Waals surface area contributed by atoms with Crippen LogP contribution in [0.15, 0.2) is 83.9 Å². The van der Waals surface area contributed by atoms with Gasteiger partial charge in [0.25, 0.3) is 16.8 Å². The number of non-ortho nitro benzene ring substituents is 1. The number of carbonyl (C=O) groups is 2. The number of benzene rings is 3. The van der Waals surface area contributed by atoms with Gasteiger partial charge >= 0.3 is 0 Å². The minimum atomic E-state index is -0.502. The Kier molecular flexibility index (Phi) is 7.33. The normalized spacial score (nSPS) is 14.5. The highest BCUT2D eigenvalue weighted by Crippen LogP contribution is 2.35. The van der Waals surface area contributed by atoms with Crippen LogP contribution in [-0.4, -0.2) is 30.8 Å². The van der Waals surface area contributed by atoms with Crippen molar-refractivity contribution in [3.63, 3.8) is 0 Å². The zero-order valence-electron chi connectivity index (χ0n) is 19.6. The minimum absolute atomic E-state index is 0.0138. The number of carbonyl (C=O) groups excluding carboxylic acids is 2. The van der Waals surface area contributed by atoms with Crippen LogP contribution < -0.4 is 0 Å². The fourth-order valence-electron chi connectivity index (χ4n) is 3.95. The first-order valence-electron chi connectivity index (χ1n) is 11.3. The molecule has 8 nitrogen and oxygen atoms in total. The molecule has 5 rings (SSSR count). The van der Waals surface area contributed by atoms with Crippen LogP contribution in [0.5, 0.6) is 0 Å². The van der Waals surface area contributed by atoms with Gasteiger partial charge in [-0.3, -0.25) is 29.3 Å². The summed E-state index contributed by atoms with van der Waals surface area (Å²) in [6.07, 6.45) is 3.47. The van der Waals surface area contributed by atoms with Gasteiger partial charge in [-0.1, -0.05) is 71.7 Å². The lowest BCUT2D eigenvalue weighted by atomic mass is 10.1. The van der Waals surface area contributed by atoms with Crippen LogP contribution in [-0.2, 0) is 17.9 Å². The molecule has 1 fully saturated rings. The number of hydrogen-bond acceptors (Lipinski definition) is 6. The van der Waals surface area contributed by atoms with E-state index >= 15 is 0 Å². The number of nitro benzene ring substituents is 1. The molecule has 1 saturated heterocycles. The Balaban J connectivity index is 1.44. The van der Waals surface area contributed by atoms with Gasteiger partial charge in [-0.15, -0.1) is 0 Å². The van der Waals surface area contributed by atoms with Gasteiger partial charge in [0, 0.05) is 39.5 Å². The van der Waals surface area contributed by atoms with Crippen molar-refractivity contribution in [1.29, 1.82) is 0 Å². The molecular weight excluding hydrogens is 547 g/mol. The molecule has 0 aliphatic carbocycles. The van der Waals surface area contributed by atoms with Gasteiger partial charge in [0.05, 0.1) is 28.6 Å². The predicted octanol–water partition coefficient (Wildman–Crippen LogP) is 7.05. The van der Waals surface area contributed by atoms with E-state index in [9.17, 15) is 19.7 Å². The number of aromatic nitrogens is 2. The fourth-order valence-corrected chi connectivity index (χ4v) is 5.25. The van der Waals surface area contributed by atoms with E-state index in [2.05, 4.69) is 0 Å². The summed E-state index contributed by atoms with van der Waals surface area (Å²) < 4.78 is 1.73. The van der Waals surface area contributed by atoms with Gasteiger partial charge in [-0.2, -0.15) is 5.10 Å². The van der Waals surface area contributed by atoms with E-state index in [1.807, 2.05) is 36.4 Å². The molecule has 0 radical (unpaired) electrons. The van der Waals surface area contributed by atoms with Crippen molar-refractivity contribution in [2.24, 2.45) is 0 Å². The Morgan fingerprint density at radius 2 is 1.71 bits per heavy atom. The lowest BCUT2D eigenvalue weighted by Crippen LogP contribution is -2.27. The Morgan fingerprint density at radius 3 is 2.39 bits per heavy atom. The third-order valence-corrected chi connectivity index (χ3v) is 7.33. The molecule has 38 heavy (non-hydrogen) atoms. The predicted molar refractivity (Wildman–Crippen MR) is 148 cm³/mol.